The second-order valence-electron chi connectivity index (χ2n) is 13.7. The summed E-state index contributed by atoms with van der Waals surface area (Å²) in [6.45, 7) is 14.6. The maximum atomic E-state index is 6.08. The normalized spacial score (nSPS) is 10.9. The van der Waals surface area contributed by atoms with E-state index >= 15 is 0 Å². The zero-order valence-corrected chi connectivity index (χ0v) is 28.3. The van der Waals surface area contributed by atoms with Gasteiger partial charge in [-0.1, -0.05) is 118 Å². The lowest BCUT2D eigenvalue weighted by atomic mass is 9.86. The largest absolute Gasteiger partial charge is 0.492 e. The highest BCUT2D eigenvalue weighted by molar-refractivity contribution is 5.52. The van der Waals surface area contributed by atoms with Gasteiger partial charge in [0.1, 0.15) is 11.5 Å². The summed E-state index contributed by atoms with van der Waals surface area (Å²) >= 11 is 0. The number of terminal acetylenes is 2. The van der Waals surface area contributed by atoms with Crippen molar-refractivity contribution < 1.29 is 9.47 Å². The van der Waals surface area contributed by atoms with E-state index in [0.717, 1.165) is 48.7 Å². The molecule has 0 aromatic heterocycles. The van der Waals surface area contributed by atoms with Gasteiger partial charge in [0.15, 0.2) is 0 Å². The molecule has 0 saturated carbocycles. The molecule has 2 heteroatoms. The molecule has 234 valence electrons. The van der Waals surface area contributed by atoms with Gasteiger partial charge in [0, 0.05) is 0 Å². The first kappa shape index (κ1) is 36.5. The quantitative estimate of drug-likeness (QED) is 0.135. The third kappa shape index (κ3) is 14.2. The number of hydrogen-bond donors (Lipinski definition) is 0. The highest BCUT2D eigenvalue weighted by Crippen LogP contribution is 2.29. The van der Waals surface area contributed by atoms with Crippen molar-refractivity contribution in [3.8, 4) is 59.9 Å². The fourth-order valence-electron chi connectivity index (χ4n) is 4.98. The summed E-state index contributed by atoms with van der Waals surface area (Å²) in [6.07, 6.45) is 25.7. The fourth-order valence-corrected chi connectivity index (χ4v) is 4.98. The Balaban J connectivity index is 1.51. The van der Waals surface area contributed by atoms with Crippen LogP contribution in [0.5, 0.6) is 11.5 Å². The van der Waals surface area contributed by atoms with E-state index in [4.69, 9.17) is 22.3 Å². The Labute approximate surface area is 270 Å². The van der Waals surface area contributed by atoms with Crippen molar-refractivity contribution in [3.05, 3.63) is 58.7 Å². The standard InChI is InChI=1S/C42H54O2/c1-9-11-25-35-33-37(41(3,4)5)27-29-39(35)43-31-23-21-19-17-15-13-14-16-18-20-22-24-32-44-40-30-28-38(42(6,7)8)34-36(40)26-12-10-2/h1-2,27-30,33-34H,13-24,31-32H2,3-8H3. The van der Waals surface area contributed by atoms with Gasteiger partial charge >= 0.3 is 0 Å². The van der Waals surface area contributed by atoms with Gasteiger partial charge < -0.3 is 9.47 Å². The van der Waals surface area contributed by atoms with Crippen molar-refractivity contribution in [2.45, 2.75) is 129 Å². The first-order valence-electron chi connectivity index (χ1n) is 16.5. The topological polar surface area (TPSA) is 18.5 Å². The Morgan fingerprint density at radius 2 is 0.818 bits per heavy atom. The molecule has 0 bridgehead atoms. The Kier molecular flexibility index (Phi) is 16.2. The van der Waals surface area contributed by atoms with Gasteiger partial charge in [-0.3, -0.25) is 0 Å². The monoisotopic (exact) mass is 590 g/mol. The van der Waals surface area contributed by atoms with Crippen LogP contribution in [0.2, 0.25) is 0 Å². The number of benzene rings is 2. The van der Waals surface area contributed by atoms with Crippen LogP contribution in [-0.2, 0) is 10.8 Å². The fraction of sp³-hybridized carbons (Fsp3) is 0.524. The Hall–Kier alpha value is -3.72. The molecule has 2 aromatic rings. The first-order chi connectivity index (χ1) is 21.1. The van der Waals surface area contributed by atoms with Crippen molar-refractivity contribution in [2.24, 2.45) is 0 Å². The molecule has 0 radical (unpaired) electrons. The SMILES string of the molecule is C#CC#Cc1cc(C(C)(C)C)ccc1OCCCCCCCCCCCCCCOc1ccc(C(C)(C)C)cc1C#CC#C. The Morgan fingerprint density at radius 1 is 0.500 bits per heavy atom. The summed E-state index contributed by atoms with van der Waals surface area (Å²) in [5.74, 6) is 18.1. The number of unbranched alkanes of at least 4 members (excludes halogenated alkanes) is 11. The van der Waals surface area contributed by atoms with E-state index in [1.807, 2.05) is 12.1 Å². The second-order valence-corrected chi connectivity index (χ2v) is 13.7. The van der Waals surface area contributed by atoms with Crippen LogP contribution < -0.4 is 9.47 Å². The van der Waals surface area contributed by atoms with Crippen LogP contribution in [0.4, 0.5) is 0 Å². The van der Waals surface area contributed by atoms with Crippen LogP contribution in [-0.4, -0.2) is 13.2 Å². The van der Waals surface area contributed by atoms with Crippen molar-refractivity contribution in [1.29, 1.82) is 0 Å². The molecule has 0 aliphatic rings. The van der Waals surface area contributed by atoms with Gasteiger partial charge in [-0.15, -0.1) is 12.8 Å². The zero-order valence-electron chi connectivity index (χ0n) is 28.3. The minimum atomic E-state index is 0.0609. The van der Waals surface area contributed by atoms with E-state index in [1.165, 1.54) is 75.3 Å². The predicted octanol–water partition coefficient (Wildman–Crippen LogP) is 10.4. The molecule has 2 nitrogen and oxygen atoms in total. The maximum Gasteiger partial charge on any atom is 0.134 e. The molecule has 0 fully saturated rings. The number of hydrogen-bond acceptors (Lipinski definition) is 2. The van der Waals surface area contributed by atoms with Crippen LogP contribution in [0.15, 0.2) is 36.4 Å². The van der Waals surface area contributed by atoms with Crippen molar-refractivity contribution >= 4 is 0 Å². The van der Waals surface area contributed by atoms with Gasteiger partial charge in [0.05, 0.1) is 24.3 Å². The molecule has 0 N–H and O–H groups in total. The van der Waals surface area contributed by atoms with Crippen LogP contribution in [0.1, 0.15) is 141 Å². The molecule has 0 heterocycles. The lowest BCUT2D eigenvalue weighted by molar-refractivity contribution is 0.302. The molecule has 0 aliphatic carbocycles. The third-order valence-corrected chi connectivity index (χ3v) is 7.78. The van der Waals surface area contributed by atoms with E-state index in [1.54, 1.807) is 0 Å². The molecular weight excluding hydrogens is 536 g/mol. The van der Waals surface area contributed by atoms with E-state index in [-0.39, 0.29) is 10.8 Å². The zero-order chi connectivity index (χ0) is 32.3. The van der Waals surface area contributed by atoms with Crippen LogP contribution in [0, 0.1) is 48.4 Å². The second kappa shape index (κ2) is 19.5. The highest BCUT2D eigenvalue weighted by Gasteiger charge is 2.16. The number of ether oxygens (including phenoxy) is 2. The molecule has 2 aromatic carbocycles. The van der Waals surface area contributed by atoms with E-state index in [0.29, 0.717) is 0 Å². The minimum absolute atomic E-state index is 0.0609. The van der Waals surface area contributed by atoms with Gasteiger partial charge in [-0.25, -0.2) is 0 Å². The lowest BCUT2D eigenvalue weighted by Crippen LogP contribution is -2.11. The predicted molar refractivity (Wildman–Crippen MR) is 188 cm³/mol. The van der Waals surface area contributed by atoms with Crippen LogP contribution in [0.3, 0.4) is 0 Å². The minimum Gasteiger partial charge on any atom is -0.492 e. The average Bonchev–Trinajstić information content (AvgIpc) is 2.98. The van der Waals surface area contributed by atoms with E-state index in [2.05, 4.69) is 101 Å². The summed E-state index contributed by atoms with van der Waals surface area (Å²) in [4.78, 5) is 0. The van der Waals surface area contributed by atoms with Gasteiger partial charge in [-0.05, 0) is 94.6 Å². The molecule has 0 atom stereocenters. The molecule has 0 amide bonds. The molecule has 0 spiro atoms. The Bertz CT molecular complexity index is 1250. The molecule has 2 rings (SSSR count). The maximum absolute atomic E-state index is 6.08. The summed E-state index contributed by atoms with van der Waals surface area (Å²) in [7, 11) is 0. The first-order valence-corrected chi connectivity index (χ1v) is 16.5. The van der Waals surface area contributed by atoms with Gasteiger partial charge in [0.2, 0.25) is 0 Å². The number of rotatable bonds is 17. The van der Waals surface area contributed by atoms with E-state index < -0.39 is 0 Å². The third-order valence-electron chi connectivity index (χ3n) is 7.78. The van der Waals surface area contributed by atoms with Gasteiger partial charge in [-0.2, -0.15) is 0 Å². The van der Waals surface area contributed by atoms with Crippen molar-refractivity contribution in [1.82, 2.24) is 0 Å². The van der Waals surface area contributed by atoms with E-state index in [9.17, 15) is 0 Å². The summed E-state index contributed by atoms with van der Waals surface area (Å²) in [5.41, 5.74) is 4.35. The van der Waals surface area contributed by atoms with Crippen molar-refractivity contribution in [3.63, 3.8) is 0 Å². The smallest absolute Gasteiger partial charge is 0.134 e. The highest BCUT2D eigenvalue weighted by atomic mass is 16.5. The van der Waals surface area contributed by atoms with Gasteiger partial charge in [0.25, 0.3) is 0 Å². The van der Waals surface area contributed by atoms with Crippen LogP contribution in [0.25, 0.3) is 0 Å². The lowest BCUT2D eigenvalue weighted by Gasteiger charge is -2.20. The Morgan fingerprint density at radius 3 is 1.11 bits per heavy atom. The van der Waals surface area contributed by atoms with Crippen LogP contribution >= 0.6 is 0 Å². The summed E-state index contributed by atoms with van der Waals surface area (Å²) in [6, 6.07) is 12.6. The molecule has 0 unspecified atom stereocenters. The molecular formula is C42H54O2. The molecule has 0 saturated heterocycles. The average molecular weight is 591 g/mol. The molecule has 0 aliphatic heterocycles. The molecule has 44 heavy (non-hydrogen) atoms. The summed E-state index contributed by atoms with van der Waals surface area (Å²) < 4.78 is 12.2. The van der Waals surface area contributed by atoms with Crippen molar-refractivity contribution in [2.75, 3.05) is 13.2 Å². The summed E-state index contributed by atoms with van der Waals surface area (Å²) in [5, 5.41) is 0.